The van der Waals surface area contributed by atoms with E-state index in [1.54, 1.807) is 20.3 Å². The van der Waals surface area contributed by atoms with Gasteiger partial charge in [-0.2, -0.15) is 0 Å². The number of ether oxygens (including phenoxy) is 1. The predicted octanol–water partition coefficient (Wildman–Crippen LogP) is 3.66. The number of halogens is 3. The third-order valence-electron chi connectivity index (χ3n) is 3.59. The van der Waals surface area contributed by atoms with E-state index in [2.05, 4.69) is 15.6 Å². The summed E-state index contributed by atoms with van der Waals surface area (Å²) in [6.45, 7) is 3.33. The van der Waals surface area contributed by atoms with Crippen molar-refractivity contribution in [3.63, 3.8) is 0 Å². The highest BCUT2D eigenvalue weighted by atomic mass is 127. The molecule has 1 aromatic heterocycles. The quantitative estimate of drug-likeness (QED) is 0.263. The molecule has 0 saturated heterocycles. The molecular formula is C18H24F2IN3O2. The van der Waals surface area contributed by atoms with E-state index >= 15 is 0 Å². The standard InChI is InChI=1S/C18H23F2N3O2.HI/c1-13(16-6-5-14(19)12-17(16)20)23-18(22-9-11-24-2)21-8-7-15-4-3-10-25-15;/h3-6,10,12-13H,7-9,11H2,1-2H3,(H2,21,22,23);1H. The number of rotatable bonds is 8. The third-order valence-corrected chi connectivity index (χ3v) is 3.59. The van der Waals surface area contributed by atoms with Crippen LogP contribution in [0.25, 0.3) is 0 Å². The number of guanidine groups is 1. The molecule has 0 aliphatic carbocycles. The average molecular weight is 479 g/mol. The minimum Gasteiger partial charge on any atom is -0.469 e. The van der Waals surface area contributed by atoms with Gasteiger partial charge in [-0.25, -0.2) is 8.78 Å². The Morgan fingerprint density at radius 1 is 1.31 bits per heavy atom. The Balaban J connectivity index is 0.00000338. The highest BCUT2D eigenvalue weighted by Crippen LogP contribution is 2.17. The first-order chi connectivity index (χ1) is 12.1. The van der Waals surface area contributed by atoms with Crippen molar-refractivity contribution in [2.45, 2.75) is 19.4 Å². The molecule has 0 fully saturated rings. The molecule has 26 heavy (non-hydrogen) atoms. The van der Waals surface area contributed by atoms with Gasteiger partial charge in [0.1, 0.15) is 17.4 Å². The summed E-state index contributed by atoms with van der Waals surface area (Å²) < 4.78 is 37.3. The van der Waals surface area contributed by atoms with Crippen LogP contribution >= 0.6 is 24.0 Å². The molecule has 0 radical (unpaired) electrons. The molecule has 144 valence electrons. The molecule has 0 amide bonds. The summed E-state index contributed by atoms with van der Waals surface area (Å²) in [5.74, 6) is 0.201. The first-order valence-corrected chi connectivity index (χ1v) is 8.11. The number of furan rings is 1. The van der Waals surface area contributed by atoms with Crippen LogP contribution in [0.1, 0.15) is 24.3 Å². The maximum absolute atomic E-state index is 13.9. The van der Waals surface area contributed by atoms with Crippen molar-refractivity contribution in [1.29, 1.82) is 0 Å². The molecule has 2 rings (SSSR count). The highest BCUT2D eigenvalue weighted by molar-refractivity contribution is 14.0. The van der Waals surface area contributed by atoms with Crippen LogP contribution in [0.2, 0.25) is 0 Å². The Morgan fingerprint density at radius 3 is 2.77 bits per heavy atom. The van der Waals surface area contributed by atoms with Crippen molar-refractivity contribution in [1.82, 2.24) is 10.6 Å². The monoisotopic (exact) mass is 479 g/mol. The van der Waals surface area contributed by atoms with E-state index in [9.17, 15) is 8.78 Å². The second-order valence-electron chi connectivity index (χ2n) is 5.51. The van der Waals surface area contributed by atoms with Crippen LogP contribution in [0.3, 0.4) is 0 Å². The van der Waals surface area contributed by atoms with Crippen LogP contribution < -0.4 is 10.6 Å². The fourth-order valence-corrected chi connectivity index (χ4v) is 2.30. The van der Waals surface area contributed by atoms with E-state index < -0.39 is 11.6 Å². The van der Waals surface area contributed by atoms with Crippen LogP contribution in [-0.4, -0.2) is 32.8 Å². The fourth-order valence-electron chi connectivity index (χ4n) is 2.30. The zero-order valence-corrected chi connectivity index (χ0v) is 17.1. The van der Waals surface area contributed by atoms with Gasteiger partial charge in [-0.3, -0.25) is 4.99 Å². The number of methoxy groups -OCH3 is 1. The van der Waals surface area contributed by atoms with Crippen LogP contribution in [0.5, 0.6) is 0 Å². The van der Waals surface area contributed by atoms with E-state index in [0.717, 1.165) is 11.8 Å². The van der Waals surface area contributed by atoms with Crippen molar-refractivity contribution in [2.75, 3.05) is 26.8 Å². The first-order valence-electron chi connectivity index (χ1n) is 8.11. The molecule has 8 heteroatoms. The molecule has 5 nitrogen and oxygen atoms in total. The number of aliphatic imine (C=N–C) groups is 1. The van der Waals surface area contributed by atoms with E-state index in [-0.39, 0.29) is 30.0 Å². The number of nitrogens with one attached hydrogen (secondary N) is 2. The lowest BCUT2D eigenvalue weighted by Gasteiger charge is -2.19. The minimum atomic E-state index is -0.598. The van der Waals surface area contributed by atoms with Crippen LogP contribution in [0.15, 0.2) is 46.0 Å². The molecule has 0 spiro atoms. The van der Waals surface area contributed by atoms with Gasteiger partial charge in [-0.05, 0) is 25.1 Å². The fraction of sp³-hybridized carbons (Fsp3) is 0.389. The van der Waals surface area contributed by atoms with Crippen molar-refractivity contribution in [2.24, 2.45) is 4.99 Å². The molecular weight excluding hydrogens is 455 g/mol. The molecule has 2 aromatic rings. The van der Waals surface area contributed by atoms with E-state index in [4.69, 9.17) is 9.15 Å². The van der Waals surface area contributed by atoms with Crippen LogP contribution in [0.4, 0.5) is 8.78 Å². The van der Waals surface area contributed by atoms with Crippen molar-refractivity contribution in [3.05, 3.63) is 59.6 Å². The molecule has 1 heterocycles. The molecule has 2 N–H and O–H groups in total. The summed E-state index contributed by atoms with van der Waals surface area (Å²) >= 11 is 0. The zero-order valence-electron chi connectivity index (χ0n) is 14.8. The van der Waals surface area contributed by atoms with Gasteiger partial charge < -0.3 is 19.8 Å². The Labute approximate surface area is 169 Å². The van der Waals surface area contributed by atoms with Crippen LogP contribution in [-0.2, 0) is 11.2 Å². The first kappa shape index (κ1) is 22.4. The maximum atomic E-state index is 13.9. The van der Waals surface area contributed by atoms with Gasteiger partial charge in [-0.15, -0.1) is 24.0 Å². The minimum absolute atomic E-state index is 0. The van der Waals surface area contributed by atoms with E-state index in [1.165, 1.54) is 12.1 Å². The largest absolute Gasteiger partial charge is 0.469 e. The van der Waals surface area contributed by atoms with Gasteiger partial charge in [-0.1, -0.05) is 6.07 Å². The number of hydrogen-bond acceptors (Lipinski definition) is 3. The number of benzene rings is 1. The molecule has 1 atom stereocenters. The number of nitrogens with zero attached hydrogens (tertiary/aromatic N) is 1. The Kier molecular flexibility index (Phi) is 10.2. The topological polar surface area (TPSA) is 58.8 Å². The number of hydrogen-bond donors (Lipinski definition) is 2. The van der Waals surface area contributed by atoms with Crippen molar-refractivity contribution >= 4 is 29.9 Å². The zero-order chi connectivity index (χ0) is 18.1. The maximum Gasteiger partial charge on any atom is 0.191 e. The second kappa shape index (κ2) is 11.8. The molecule has 0 saturated carbocycles. The summed E-state index contributed by atoms with van der Waals surface area (Å²) in [6.07, 6.45) is 2.32. The predicted molar refractivity (Wildman–Crippen MR) is 108 cm³/mol. The van der Waals surface area contributed by atoms with Gasteiger partial charge in [0.15, 0.2) is 5.96 Å². The Morgan fingerprint density at radius 2 is 2.12 bits per heavy atom. The molecule has 1 unspecified atom stereocenters. The summed E-state index contributed by atoms with van der Waals surface area (Å²) in [6, 6.07) is 6.90. The Bertz CT molecular complexity index is 681. The molecule has 1 aromatic carbocycles. The lowest BCUT2D eigenvalue weighted by molar-refractivity contribution is 0.208. The van der Waals surface area contributed by atoms with Crippen LogP contribution in [0, 0.1) is 11.6 Å². The van der Waals surface area contributed by atoms with Gasteiger partial charge in [0.25, 0.3) is 0 Å². The third kappa shape index (κ3) is 7.28. The SMILES string of the molecule is COCCN=C(NCCc1ccco1)NC(C)c1ccc(F)cc1F.I. The normalized spacial score (nSPS) is 12.4. The van der Waals surface area contributed by atoms with Gasteiger partial charge >= 0.3 is 0 Å². The molecule has 0 aliphatic rings. The summed E-state index contributed by atoms with van der Waals surface area (Å²) in [5.41, 5.74) is 0.369. The molecule has 0 bridgehead atoms. The summed E-state index contributed by atoms with van der Waals surface area (Å²) in [5, 5.41) is 6.30. The van der Waals surface area contributed by atoms with E-state index in [0.29, 0.717) is 37.6 Å². The average Bonchev–Trinajstić information content (AvgIpc) is 3.08. The lowest BCUT2D eigenvalue weighted by Crippen LogP contribution is -2.40. The van der Waals surface area contributed by atoms with Gasteiger partial charge in [0.2, 0.25) is 0 Å². The summed E-state index contributed by atoms with van der Waals surface area (Å²) in [7, 11) is 1.60. The van der Waals surface area contributed by atoms with Gasteiger partial charge in [0.05, 0.1) is 25.5 Å². The van der Waals surface area contributed by atoms with Gasteiger partial charge in [0, 0.05) is 31.7 Å². The second-order valence-corrected chi connectivity index (χ2v) is 5.51. The van der Waals surface area contributed by atoms with Crippen molar-refractivity contribution < 1.29 is 17.9 Å². The lowest BCUT2D eigenvalue weighted by atomic mass is 10.1. The highest BCUT2D eigenvalue weighted by Gasteiger charge is 2.13. The smallest absolute Gasteiger partial charge is 0.191 e. The van der Waals surface area contributed by atoms with Crippen molar-refractivity contribution in [3.8, 4) is 0 Å². The summed E-state index contributed by atoms with van der Waals surface area (Å²) in [4.78, 5) is 4.39. The molecule has 0 aliphatic heterocycles. The van der Waals surface area contributed by atoms with E-state index in [1.807, 2.05) is 12.1 Å². The Hall–Kier alpha value is -1.68.